The van der Waals surface area contributed by atoms with Gasteiger partial charge in [0.1, 0.15) is 0 Å². The topological polar surface area (TPSA) is 12.5 Å². The summed E-state index contributed by atoms with van der Waals surface area (Å²) in [5, 5.41) is 0. The molecule has 1 fully saturated rings. The van der Waals surface area contributed by atoms with Gasteiger partial charge < -0.3 is 9.64 Å². The van der Waals surface area contributed by atoms with Crippen molar-refractivity contribution in [2.45, 2.75) is 38.2 Å². The van der Waals surface area contributed by atoms with E-state index in [4.69, 9.17) is 4.74 Å². The zero-order chi connectivity index (χ0) is 9.03. The van der Waals surface area contributed by atoms with Crippen molar-refractivity contribution >= 4 is 0 Å². The number of likely N-dealkylation sites (N-methyl/N-ethyl adjacent to an activating group) is 1. The van der Waals surface area contributed by atoms with E-state index in [0.717, 1.165) is 13.0 Å². The Kier molecular flexibility index (Phi) is 3.53. The minimum absolute atomic E-state index is 0.144. The van der Waals surface area contributed by atoms with Gasteiger partial charge in [-0.25, -0.2) is 0 Å². The minimum atomic E-state index is 0.144. The van der Waals surface area contributed by atoms with Crippen molar-refractivity contribution in [2.24, 2.45) is 0 Å². The highest BCUT2D eigenvalue weighted by Gasteiger charge is 2.30. The number of methoxy groups -OCH3 is 1. The largest absolute Gasteiger partial charge is 0.377 e. The SMILES string of the molecule is CCC1(OC)CCCCN(C)C1. The fourth-order valence-corrected chi connectivity index (χ4v) is 2.08. The summed E-state index contributed by atoms with van der Waals surface area (Å²) in [6, 6.07) is 0. The van der Waals surface area contributed by atoms with E-state index in [1.807, 2.05) is 7.11 Å². The van der Waals surface area contributed by atoms with E-state index in [0.29, 0.717) is 0 Å². The fourth-order valence-electron chi connectivity index (χ4n) is 2.08. The first-order chi connectivity index (χ1) is 5.72. The molecule has 1 aliphatic rings. The molecule has 1 aliphatic heterocycles. The molecule has 0 spiro atoms. The van der Waals surface area contributed by atoms with Crippen LogP contribution in [-0.4, -0.2) is 37.7 Å². The molecule has 0 aromatic carbocycles. The molecule has 0 saturated carbocycles. The van der Waals surface area contributed by atoms with Crippen molar-refractivity contribution in [3.8, 4) is 0 Å². The molecule has 0 aliphatic carbocycles. The van der Waals surface area contributed by atoms with Crippen molar-refractivity contribution in [3.63, 3.8) is 0 Å². The number of rotatable bonds is 2. The van der Waals surface area contributed by atoms with Crippen molar-refractivity contribution < 1.29 is 4.74 Å². The highest BCUT2D eigenvalue weighted by molar-refractivity contribution is 4.84. The van der Waals surface area contributed by atoms with Crippen LogP contribution in [0, 0.1) is 0 Å². The number of ether oxygens (including phenoxy) is 1. The van der Waals surface area contributed by atoms with Gasteiger partial charge in [0, 0.05) is 13.7 Å². The molecule has 0 aromatic heterocycles. The Balaban J connectivity index is 2.59. The van der Waals surface area contributed by atoms with Crippen LogP contribution in [0.3, 0.4) is 0 Å². The maximum Gasteiger partial charge on any atom is 0.0802 e. The molecule has 1 atom stereocenters. The molecule has 0 N–H and O–H groups in total. The Bertz CT molecular complexity index is 132. The van der Waals surface area contributed by atoms with Gasteiger partial charge in [0.25, 0.3) is 0 Å². The molecule has 1 unspecified atom stereocenters. The maximum atomic E-state index is 5.64. The lowest BCUT2D eigenvalue weighted by Gasteiger charge is -2.32. The van der Waals surface area contributed by atoms with E-state index >= 15 is 0 Å². The zero-order valence-electron chi connectivity index (χ0n) is 8.60. The van der Waals surface area contributed by atoms with E-state index < -0.39 is 0 Å². The zero-order valence-corrected chi connectivity index (χ0v) is 8.60. The Morgan fingerprint density at radius 2 is 2.17 bits per heavy atom. The van der Waals surface area contributed by atoms with Crippen LogP contribution in [0.5, 0.6) is 0 Å². The van der Waals surface area contributed by atoms with Crippen molar-refractivity contribution in [1.29, 1.82) is 0 Å². The monoisotopic (exact) mass is 171 g/mol. The maximum absolute atomic E-state index is 5.64. The molecule has 72 valence electrons. The van der Waals surface area contributed by atoms with Crippen LogP contribution in [0.15, 0.2) is 0 Å². The van der Waals surface area contributed by atoms with Crippen LogP contribution >= 0.6 is 0 Å². The summed E-state index contributed by atoms with van der Waals surface area (Å²) in [5.74, 6) is 0. The smallest absolute Gasteiger partial charge is 0.0802 e. The third kappa shape index (κ3) is 2.20. The van der Waals surface area contributed by atoms with Gasteiger partial charge in [-0.1, -0.05) is 6.92 Å². The standard InChI is InChI=1S/C10H21NO/c1-4-10(12-3)7-5-6-8-11(2)9-10/h4-9H2,1-3H3. The first kappa shape index (κ1) is 10.0. The first-order valence-electron chi connectivity index (χ1n) is 4.96. The molecule has 1 saturated heterocycles. The predicted octanol–water partition coefficient (Wildman–Crippen LogP) is 1.90. The lowest BCUT2D eigenvalue weighted by Crippen LogP contribution is -2.41. The number of hydrogen-bond acceptors (Lipinski definition) is 2. The van der Waals surface area contributed by atoms with Gasteiger partial charge in [-0.2, -0.15) is 0 Å². The van der Waals surface area contributed by atoms with Gasteiger partial charge in [-0.15, -0.1) is 0 Å². The molecule has 2 nitrogen and oxygen atoms in total. The third-order valence-electron chi connectivity index (χ3n) is 3.06. The average molecular weight is 171 g/mol. The second kappa shape index (κ2) is 4.24. The van der Waals surface area contributed by atoms with Crippen molar-refractivity contribution in [2.75, 3.05) is 27.2 Å². The Labute approximate surface area is 75.9 Å². The molecule has 12 heavy (non-hydrogen) atoms. The molecule has 0 radical (unpaired) electrons. The third-order valence-corrected chi connectivity index (χ3v) is 3.06. The average Bonchev–Trinajstić information content (AvgIpc) is 2.28. The fraction of sp³-hybridized carbons (Fsp3) is 1.00. The van der Waals surface area contributed by atoms with Crippen LogP contribution in [0.4, 0.5) is 0 Å². The number of hydrogen-bond donors (Lipinski definition) is 0. The normalized spacial score (nSPS) is 33.2. The molecular formula is C10H21NO. The Morgan fingerprint density at radius 1 is 1.42 bits per heavy atom. The van der Waals surface area contributed by atoms with E-state index in [1.165, 1.54) is 25.8 Å². The summed E-state index contributed by atoms with van der Waals surface area (Å²) >= 11 is 0. The van der Waals surface area contributed by atoms with Gasteiger partial charge in [0.2, 0.25) is 0 Å². The Hall–Kier alpha value is -0.0800. The molecule has 0 bridgehead atoms. The summed E-state index contributed by atoms with van der Waals surface area (Å²) in [4.78, 5) is 2.39. The van der Waals surface area contributed by atoms with Crippen LogP contribution in [-0.2, 0) is 4.74 Å². The first-order valence-corrected chi connectivity index (χ1v) is 4.96. The summed E-state index contributed by atoms with van der Waals surface area (Å²) in [7, 11) is 4.04. The molecular weight excluding hydrogens is 150 g/mol. The van der Waals surface area contributed by atoms with Gasteiger partial charge >= 0.3 is 0 Å². The van der Waals surface area contributed by atoms with Crippen LogP contribution in [0.2, 0.25) is 0 Å². The van der Waals surface area contributed by atoms with Crippen LogP contribution in [0.25, 0.3) is 0 Å². The van der Waals surface area contributed by atoms with Crippen LogP contribution < -0.4 is 0 Å². The quantitative estimate of drug-likeness (QED) is 0.629. The molecule has 1 rings (SSSR count). The lowest BCUT2D eigenvalue weighted by molar-refractivity contribution is -0.0340. The highest BCUT2D eigenvalue weighted by atomic mass is 16.5. The second-order valence-electron chi connectivity index (χ2n) is 3.94. The summed E-state index contributed by atoms with van der Waals surface area (Å²) in [6.45, 7) is 4.55. The Morgan fingerprint density at radius 3 is 2.75 bits per heavy atom. The predicted molar refractivity (Wildman–Crippen MR) is 51.4 cm³/mol. The van der Waals surface area contributed by atoms with E-state index in [2.05, 4.69) is 18.9 Å². The van der Waals surface area contributed by atoms with Crippen LogP contribution in [0.1, 0.15) is 32.6 Å². The summed E-state index contributed by atoms with van der Waals surface area (Å²) < 4.78 is 5.64. The van der Waals surface area contributed by atoms with Crippen molar-refractivity contribution in [1.82, 2.24) is 4.90 Å². The summed E-state index contributed by atoms with van der Waals surface area (Å²) in [6.07, 6.45) is 4.99. The molecule has 0 aromatic rings. The van der Waals surface area contributed by atoms with Gasteiger partial charge in [0.05, 0.1) is 5.60 Å². The molecule has 1 heterocycles. The van der Waals surface area contributed by atoms with Crippen molar-refractivity contribution in [3.05, 3.63) is 0 Å². The number of nitrogens with zero attached hydrogens (tertiary/aromatic N) is 1. The van der Waals surface area contributed by atoms with Gasteiger partial charge in [0.15, 0.2) is 0 Å². The molecule has 0 amide bonds. The van der Waals surface area contributed by atoms with E-state index in [9.17, 15) is 0 Å². The van der Waals surface area contributed by atoms with Gasteiger partial charge in [-0.3, -0.25) is 0 Å². The van der Waals surface area contributed by atoms with E-state index in [1.54, 1.807) is 0 Å². The minimum Gasteiger partial charge on any atom is -0.377 e. The number of likely N-dealkylation sites (tertiary alicyclic amines) is 1. The lowest BCUT2D eigenvalue weighted by atomic mass is 9.94. The second-order valence-corrected chi connectivity index (χ2v) is 3.94. The van der Waals surface area contributed by atoms with E-state index in [-0.39, 0.29) is 5.60 Å². The van der Waals surface area contributed by atoms with Gasteiger partial charge in [-0.05, 0) is 39.3 Å². The molecule has 2 heteroatoms. The highest BCUT2D eigenvalue weighted by Crippen LogP contribution is 2.26. The summed E-state index contributed by atoms with van der Waals surface area (Å²) in [5.41, 5.74) is 0.144.